The van der Waals surface area contributed by atoms with Gasteiger partial charge in [0.1, 0.15) is 0 Å². The van der Waals surface area contributed by atoms with Crippen LogP contribution in [0.25, 0.3) is 0 Å². The van der Waals surface area contributed by atoms with Crippen LogP contribution >= 0.6 is 0 Å². The third-order valence-corrected chi connectivity index (χ3v) is 5.40. The summed E-state index contributed by atoms with van der Waals surface area (Å²) in [5, 5.41) is 4.33. The van der Waals surface area contributed by atoms with Gasteiger partial charge >= 0.3 is 0 Å². The maximum atomic E-state index is 4.33. The number of unbranched alkanes of at least 4 members (excludes halogenated alkanes) is 17. The standard InChI is InChI=1S/C24H44N/c1-2-3-4-5-6-7-8-9-10-11-12-13-14-15-16-17-18-19-21-24-22-20-23-25-24/h20,22-23H,2-19,21H2,1H3. The van der Waals surface area contributed by atoms with E-state index in [1.807, 2.05) is 12.3 Å². The fourth-order valence-electron chi connectivity index (χ4n) is 3.69. The summed E-state index contributed by atoms with van der Waals surface area (Å²) in [6.07, 6.45) is 33.3. The van der Waals surface area contributed by atoms with E-state index in [1.54, 1.807) is 0 Å². The van der Waals surface area contributed by atoms with Crippen LogP contribution in [0, 0.1) is 0 Å². The molecule has 0 aromatic carbocycles. The van der Waals surface area contributed by atoms with Crippen LogP contribution in [0.15, 0.2) is 24.0 Å². The molecular formula is C24H44N. The third kappa shape index (κ3) is 15.3. The van der Waals surface area contributed by atoms with Crippen molar-refractivity contribution in [2.75, 3.05) is 0 Å². The topological polar surface area (TPSA) is 14.1 Å². The quantitative estimate of drug-likeness (QED) is 0.208. The summed E-state index contributed by atoms with van der Waals surface area (Å²) in [6, 6.07) is 0. The number of allylic oxidation sites excluding steroid dienone is 3. The highest BCUT2D eigenvalue weighted by atomic mass is 14.9. The van der Waals surface area contributed by atoms with E-state index in [9.17, 15) is 0 Å². The Labute approximate surface area is 158 Å². The smallest absolute Gasteiger partial charge is 0.0404 e. The molecular weight excluding hydrogens is 302 g/mol. The molecule has 0 saturated carbocycles. The van der Waals surface area contributed by atoms with Crippen molar-refractivity contribution in [3.05, 3.63) is 24.0 Å². The highest BCUT2D eigenvalue weighted by Crippen LogP contribution is 2.16. The van der Waals surface area contributed by atoms with Crippen molar-refractivity contribution in [2.45, 2.75) is 129 Å². The van der Waals surface area contributed by atoms with Crippen molar-refractivity contribution in [3.8, 4) is 0 Å². The summed E-state index contributed by atoms with van der Waals surface area (Å²) in [5.74, 6) is 0. The predicted octanol–water partition coefficient (Wildman–Crippen LogP) is 8.43. The number of nitrogens with zero attached hydrogens (tertiary/aromatic N) is 1. The lowest BCUT2D eigenvalue weighted by Crippen LogP contribution is -1.92. The second-order valence-electron chi connectivity index (χ2n) is 7.89. The largest absolute Gasteiger partial charge is 0.261 e. The lowest BCUT2D eigenvalue weighted by molar-refractivity contribution is 0.524. The Bertz CT molecular complexity index is 329. The van der Waals surface area contributed by atoms with Crippen LogP contribution in [0.1, 0.15) is 129 Å². The molecule has 0 atom stereocenters. The molecule has 0 aromatic heterocycles. The second-order valence-corrected chi connectivity index (χ2v) is 7.89. The molecule has 1 heteroatoms. The van der Waals surface area contributed by atoms with Gasteiger partial charge in [-0.3, -0.25) is 5.32 Å². The summed E-state index contributed by atoms with van der Waals surface area (Å²) < 4.78 is 0. The van der Waals surface area contributed by atoms with Crippen LogP contribution in [0.5, 0.6) is 0 Å². The number of hydrogen-bond donors (Lipinski definition) is 0. The van der Waals surface area contributed by atoms with Gasteiger partial charge in [0, 0.05) is 11.9 Å². The zero-order valence-electron chi connectivity index (χ0n) is 17.1. The minimum absolute atomic E-state index is 1.17. The molecule has 1 radical (unpaired) electrons. The first-order chi connectivity index (χ1) is 12.4. The molecule has 0 fully saturated rings. The van der Waals surface area contributed by atoms with E-state index in [0.29, 0.717) is 0 Å². The summed E-state index contributed by atoms with van der Waals surface area (Å²) >= 11 is 0. The van der Waals surface area contributed by atoms with Crippen LogP contribution < -0.4 is 5.32 Å². The fraction of sp³-hybridized carbons (Fsp3) is 0.833. The van der Waals surface area contributed by atoms with Gasteiger partial charge in [0.2, 0.25) is 0 Å². The monoisotopic (exact) mass is 346 g/mol. The van der Waals surface area contributed by atoms with Gasteiger partial charge in [-0.1, -0.05) is 116 Å². The van der Waals surface area contributed by atoms with Crippen LogP contribution in [0.2, 0.25) is 0 Å². The SMILES string of the molecule is CCCCCCCCCCCCCCCCCCCCC1=CC=C[N]1. The lowest BCUT2D eigenvalue weighted by atomic mass is 10.0. The van der Waals surface area contributed by atoms with Crippen molar-refractivity contribution in [2.24, 2.45) is 0 Å². The van der Waals surface area contributed by atoms with E-state index in [-0.39, 0.29) is 0 Å². The normalized spacial score (nSPS) is 13.2. The lowest BCUT2D eigenvalue weighted by Gasteiger charge is -2.04. The van der Waals surface area contributed by atoms with E-state index in [2.05, 4.69) is 18.3 Å². The first kappa shape index (κ1) is 22.3. The Kier molecular flexibility index (Phi) is 16.1. The van der Waals surface area contributed by atoms with Crippen LogP contribution in [-0.2, 0) is 0 Å². The Hall–Kier alpha value is -0.720. The molecule has 0 bridgehead atoms. The summed E-state index contributed by atoms with van der Waals surface area (Å²) in [6.45, 7) is 2.30. The van der Waals surface area contributed by atoms with Gasteiger partial charge in [0.25, 0.3) is 0 Å². The van der Waals surface area contributed by atoms with Crippen LogP contribution in [0.3, 0.4) is 0 Å². The Morgan fingerprint density at radius 2 is 0.960 bits per heavy atom. The first-order valence-electron chi connectivity index (χ1n) is 11.5. The molecule has 1 rings (SSSR count). The molecule has 1 aliphatic rings. The zero-order valence-corrected chi connectivity index (χ0v) is 17.1. The van der Waals surface area contributed by atoms with Gasteiger partial charge in [-0.2, -0.15) is 0 Å². The van der Waals surface area contributed by atoms with E-state index in [0.717, 1.165) is 0 Å². The molecule has 0 amide bonds. The third-order valence-electron chi connectivity index (χ3n) is 5.40. The number of rotatable bonds is 19. The molecule has 1 aliphatic heterocycles. The van der Waals surface area contributed by atoms with Crippen molar-refractivity contribution in [1.29, 1.82) is 0 Å². The maximum absolute atomic E-state index is 4.33. The van der Waals surface area contributed by atoms with E-state index in [1.165, 1.54) is 128 Å². The molecule has 0 saturated heterocycles. The Morgan fingerprint density at radius 3 is 1.32 bits per heavy atom. The Balaban J connectivity index is 1.64. The van der Waals surface area contributed by atoms with E-state index in [4.69, 9.17) is 0 Å². The highest BCUT2D eigenvalue weighted by Gasteiger charge is 2.00. The van der Waals surface area contributed by atoms with Crippen molar-refractivity contribution >= 4 is 0 Å². The minimum atomic E-state index is 1.17. The van der Waals surface area contributed by atoms with Crippen LogP contribution in [0.4, 0.5) is 0 Å². The maximum Gasteiger partial charge on any atom is 0.0404 e. The van der Waals surface area contributed by atoms with Gasteiger partial charge in [-0.15, -0.1) is 0 Å². The molecule has 0 unspecified atom stereocenters. The molecule has 145 valence electrons. The zero-order chi connectivity index (χ0) is 17.8. The molecule has 0 spiro atoms. The van der Waals surface area contributed by atoms with E-state index < -0.39 is 0 Å². The molecule has 0 aromatic rings. The van der Waals surface area contributed by atoms with Gasteiger partial charge in [-0.25, -0.2) is 0 Å². The van der Waals surface area contributed by atoms with Gasteiger partial charge in [0.15, 0.2) is 0 Å². The average Bonchev–Trinajstić information content (AvgIpc) is 3.14. The minimum Gasteiger partial charge on any atom is -0.261 e. The van der Waals surface area contributed by atoms with Crippen molar-refractivity contribution in [3.63, 3.8) is 0 Å². The van der Waals surface area contributed by atoms with Gasteiger partial charge < -0.3 is 0 Å². The summed E-state index contributed by atoms with van der Waals surface area (Å²) in [5.41, 5.74) is 1.27. The molecule has 0 aliphatic carbocycles. The predicted molar refractivity (Wildman–Crippen MR) is 113 cm³/mol. The molecule has 25 heavy (non-hydrogen) atoms. The Morgan fingerprint density at radius 1 is 0.560 bits per heavy atom. The summed E-state index contributed by atoms with van der Waals surface area (Å²) in [4.78, 5) is 0. The first-order valence-corrected chi connectivity index (χ1v) is 11.5. The average molecular weight is 347 g/mol. The van der Waals surface area contributed by atoms with Crippen LogP contribution in [-0.4, -0.2) is 0 Å². The fourth-order valence-corrected chi connectivity index (χ4v) is 3.69. The van der Waals surface area contributed by atoms with Gasteiger partial charge in [0.05, 0.1) is 0 Å². The van der Waals surface area contributed by atoms with Crippen molar-refractivity contribution in [1.82, 2.24) is 5.32 Å². The van der Waals surface area contributed by atoms with Gasteiger partial charge in [-0.05, 0) is 25.0 Å². The molecule has 1 heterocycles. The number of hydrogen-bond acceptors (Lipinski definition) is 0. The molecule has 0 N–H and O–H groups in total. The molecule has 1 nitrogen and oxygen atoms in total. The van der Waals surface area contributed by atoms with E-state index >= 15 is 0 Å². The highest BCUT2D eigenvalue weighted by molar-refractivity contribution is 5.18. The summed E-state index contributed by atoms with van der Waals surface area (Å²) in [7, 11) is 0. The van der Waals surface area contributed by atoms with Crippen molar-refractivity contribution < 1.29 is 0 Å². The second kappa shape index (κ2) is 18.1.